The minimum atomic E-state index is 0.129. The lowest BCUT2D eigenvalue weighted by molar-refractivity contribution is -0.116. The first-order chi connectivity index (χ1) is 8.13. The maximum atomic E-state index is 11.0. The molecule has 0 amide bonds. The van der Waals surface area contributed by atoms with Gasteiger partial charge >= 0.3 is 0 Å². The van der Waals surface area contributed by atoms with Crippen molar-refractivity contribution in [3.63, 3.8) is 0 Å². The molecule has 0 fully saturated rings. The fraction of sp³-hybridized carbons (Fsp3) is 0.308. The molecule has 0 aliphatic rings. The highest BCUT2D eigenvalue weighted by Crippen LogP contribution is 2.03. The van der Waals surface area contributed by atoms with Crippen molar-refractivity contribution in [1.82, 2.24) is 14.8 Å². The number of aromatic nitrogens is 3. The number of pyridine rings is 1. The standard InChI is InChI=1S/C13H15N3O/c1-10-4-3-5-13(14-10)9-16-7-6-12(15-16)8-11(2)17/h3-7H,8-9H2,1-2H3. The van der Waals surface area contributed by atoms with Crippen LogP contribution in [0.2, 0.25) is 0 Å². The number of rotatable bonds is 4. The molecule has 2 aromatic rings. The molecular weight excluding hydrogens is 214 g/mol. The van der Waals surface area contributed by atoms with Gasteiger partial charge in [-0.2, -0.15) is 5.10 Å². The molecule has 0 saturated carbocycles. The lowest BCUT2D eigenvalue weighted by Gasteiger charge is -2.01. The van der Waals surface area contributed by atoms with Gasteiger partial charge < -0.3 is 0 Å². The Morgan fingerprint density at radius 3 is 2.82 bits per heavy atom. The Bertz CT molecular complexity index is 531. The van der Waals surface area contributed by atoms with Gasteiger partial charge in [-0.1, -0.05) is 6.07 Å². The highest BCUT2D eigenvalue weighted by molar-refractivity contribution is 5.77. The second-order valence-corrected chi connectivity index (χ2v) is 4.15. The number of ketones is 1. The number of carbonyl (C=O) groups excluding carboxylic acids is 1. The van der Waals surface area contributed by atoms with E-state index < -0.39 is 0 Å². The number of hydrogen-bond acceptors (Lipinski definition) is 3. The van der Waals surface area contributed by atoms with Crippen LogP contribution >= 0.6 is 0 Å². The SMILES string of the molecule is CC(=O)Cc1ccn(Cc2cccc(C)n2)n1. The number of hydrogen-bond donors (Lipinski definition) is 0. The van der Waals surface area contributed by atoms with E-state index in [9.17, 15) is 4.79 Å². The Morgan fingerprint density at radius 1 is 1.29 bits per heavy atom. The van der Waals surface area contributed by atoms with Gasteiger partial charge in [0, 0.05) is 11.9 Å². The summed E-state index contributed by atoms with van der Waals surface area (Å²) in [7, 11) is 0. The normalized spacial score (nSPS) is 10.5. The molecule has 2 heterocycles. The summed E-state index contributed by atoms with van der Waals surface area (Å²) in [5.41, 5.74) is 2.78. The van der Waals surface area contributed by atoms with Gasteiger partial charge in [-0.25, -0.2) is 0 Å². The number of Topliss-reactive ketones (excluding diaryl/α,β-unsaturated/α-hetero) is 1. The summed E-state index contributed by atoms with van der Waals surface area (Å²) in [5.74, 6) is 0.129. The summed E-state index contributed by atoms with van der Waals surface area (Å²) in [4.78, 5) is 15.4. The van der Waals surface area contributed by atoms with E-state index >= 15 is 0 Å². The summed E-state index contributed by atoms with van der Waals surface area (Å²) in [6.45, 7) is 4.18. The van der Waals surface area contributed by atoms with Crippen LogP contribution in [-0.2, 0) is 17.8 Å². The quantitative estimate of drug-likeness (QED) is 0.802. The monoisotopic (exact) mass is 229 g/mol. The van der Waals surface area contributed by atoms with Crippen molar-refractivity contribution in [3.8, 4) is 0 Å². The van der Waals surface area contributed by atoms with Crippen molar-refractivity contribution >= 4 is 5.78 Å². The molecule has 0 aliphatic heterocycles. The van der Waals surface area contributed by atoms with E-state index in [0.29, 0.717) is 13.0 Å². The molecular formula is C13H15N3O. The summed E-state index contributed by atoms with van der Waals surface area (Å²) >= 11 is 0. The predicted molar refractivity (Wildman–Crippen MR) is 64.7 cm³/mol. The van der Waals surface area contributed by atoms with Crippen LogP contribution in [0.15, 0.2) is 30.5 Å². The molecule has 0 unspecified atom stereocenters. The summed E-state index contributed by atoms with van der Waals surface area (Å²) in [6, 6.07) is 7.79. The van der Waals surface area contributed by atoms with E-state index in [2.05, 4.69) is 10.1 Å². The largest absolute Gasteiger partial charge is 0.300 e. The van der Waals surface area contributed by atoms with Crippen LogP contribution in [0.4, 0.5) is 0 Å². The number of aryl methyl sites for hydroxylation is 1. The zero-order valence-corrected chi connectivity index (χ0v) is 10.1. The Labute approximate surface area is 100 Å². The van der Waals surface area contributed by atoms with Gasteiger partial charge in [0.15, 0.2) is 0 Å². The third-order valence-electron chi connectivity index (χ3n) is 2.40. The summed E-state index contributed by atoms with van der Waals surface area (Å²) in [5, 5.41) is 4.33. The highest BCUT2D eigenvalue weighted by Gasteiger charge is 2.03. The number of nitrogens with zero attached hydrogens (tertiary/aromatic N) is 3. The van der Waals surface area contributed by atoms with Crippen molar-refractivity contribution < 1.29 is 4.79 Å². The van der Waals surface area contributed by atoms with Gasteiger partial charge in [-0.05, 0) is 32.0 Å². The van der Waals surface area contributed by atoms with E-state index in [-0.39, 0.29) is 5.78 Å². The lowest BCUT2D eigenvalue weighted by atomic mass is 10.2. The van der Waals surface area contributed by atoms with E-state index in [1.54, 1.807) is 11.6 Å². The first-order valence-electron chi connectivity index (χ1n) is 5.58. The second-order valence-electron chi connectivity index (χ2n) is 4.15. The Hall–Kier alpha value is -1.97. The predicted octanol–water partition coefficient (Wildman–Crippen LogP) is 1.77. The number of carbonyl (C=O) groups is 1. The molecule has 17 heavy (non-hydrogen) atoms. The van der Waals surface area contributed by atoms with Gasteiger partial charge in [0.05, 0.1) is 24.4 Å². The van der Waals surface area contributed by atoms with Crippen LogP contribution < -0.4 is 0 Å². The zero-order chi connectivity index (χ0) is 12.3. The molecule has 2 rings (SSSR count). The van der Waals surface area contributed by atoms with Crippen molar-refractivity contribution in [2.24, 2.45) is 0 Å². The molecule has 2 aromatic heterocycles. The topological polar surface area (TPSA) is 47.8 Å². The molecule has 0 N–H and O–H groups in total. The first kappa shape index (κ1) is 11.5. The Kier molecular flexibility index (Phi) is 3.32. The fourth-order valence-electron chi connectivity index (χ4n) is 1.69. The Morgan fingerprint density at radius 2 is 2.12 bits per heavy atom. The summed E-state index contributed by atoms with van der Waals surface area (Å²) in [6.07, 6.45) is 2.27. The van der Waals surface area contributed by atoms with Crippen LogP contribution in [0.3, 0.4) is 0 Å². The molecule has 0 bridgehead atoms. The van der Waals surface area contributed by atoms with E-state index in [1.165, 1.54) is 0 Å². The van der Waals surface area contributed by atoms with Crippen LogP contribution in [0, 0.1) is 6.92 Å². The fourth-order valence-corrected chi connectivity index (χ4v) is 1.69. The van der Waals surface area contributed by atoms with Gasteiger partial charge in [0.1, 0.15) is 5.78 Å². The average molecular weight is 229 g/mol. The van der Waals surface area contributed by atoms with E-state index in [4.69, 9.17) is 0 Å². The van der Waals surface area contributed by atoms with Gasteiger partial charge in [0.2, 0.25) is 0 Å². The van der Waals surface area contributed by atoms with Gasteiger partial charge in [-0.3, -0.25) is 14.5 Å². The zero-order valence-electron chi connectivity index (χ0n) is 10.1. The average Bonchev–Trinajstić information content (AvgIpc) is 2.64. The molecule has 0 radical (unpaired) electrons. The van der Waals surface area contributed by atoms with Crippen molar-refractivity contribution in [2.45, 2.75) is 26.8 Å². The molecule has 4 heteroatoms. The molecule has 88 valence electrons. The van der Waals surface area contributed by atoms with Crippen molar-refractivity contribution in [2.75, 3.05) is 0 Å². The van der Waals surface area contributed by atoms with Gasteiger partial charge in [0.25, 0.3) is 0 Å². The molecule has 0 aliphatic carbocycles. The molecule has 0 saturated heterocycles. The van der Waals surface area contributed by atoms with Crippen molar-refractivity contribution in [3.05, 3.63) is 47.5 Å². The summed E-state index contributed by atoms with van der Waals surface area (Å²) < 4.78 is 1.81. The van der Waals surface area contributed by atoms with Crippen molar-refractivity contribution in [1.29, 1.82) is 0 Å². The molecule has 4 nitrogen and oxygen atoms in total. The third-order valence-corrected chi connectivity index (χ3v) is 2.40. The molecule has 0 aromatic carbocycles. The van der Waals surface area contributed by atoms with Crippen LogP contribution in [0.25, 0.3) is 0 Å². The van der Waals surface area contributed by atoms with Crippen LogP contribution in [0.5, 0.6) is 0 Å². The maximum absolute atomic E-state index is 11.0. The first-order valence-corrected chi connectivity index (χ1v) is 5.58. The van der Waals surface area contributed by atoms with Crippen LogP contribution in [0.1, 0.15) is 24.0 Å². The van der Waals surface area contributed by atoms with Gasteiger partial charge in [-0.15, -0.1) is 0 Å². The van der Waals surface area contributed by atoms with E-state index in [1.807, 2.05) is 37.4 Å². The Balaban J connectivity index is 2.08. The molecule has 0 atom stereocenters. The van der Waals surface area contributed by atoms with E-state index in [0.717, 1.165) is 17.1 Å². The minimum Gasteiger partial charge on any atom is -0.300 e. The molecule has 0 spiro atoms. The highest BCUT2D eigenvalue weighted by atomic mass is 16.1. The third kappa shape index (κ3) is 3.24. The maximum Gasteiger partial charge on any atom is 0.135 e. The lowest BCUT2D eigenvalue weighted by Crippen LogP contribution is -2.04. The van der Waals surface area contributed by atoms with Crippen LogP contribution in [-0.4, -0.2) is 20.5 Å². The smallest absolute Gasteiger partial charge is 0.135 e. The minimum absolute atomic E-state index is 0.129. The second kappa shape index (κ2) is 4.91.